The highest BCUT2D eigenvalue weighted by Crippen LogP contribution is 2.26. The van der Waals surface area contributed by atoms with Gasteiger partial charge in [-0.1, -0.05) is 23.7 Å². The second-order valence-electron chi connectivity index (χ2n) is 5.99. The first-order chi connectivity index (χ1) is 11.7. The Bertz CT molecular complexity index is 684. The minimum Gasteiger partial charge on any atom is -0.378 e. The molecule has 0 bridgehead atoms. The molecule has 0 radical (unpaired) electrons. The van der Waals surface area contributed by atoms with E-state index in [1.54, 1.807) is 7.11 Å². The van der Waals surface area contributed by atoms with Gasteiger partial charge in [0, 0.05) is 50.3 Å². The van der Waals surface area contributed by atoms with Crippen LogP contribution in [0.2, 0.25) is 5.02 Å². The highest BCUT2D eigenvalue weighted by molar-refractivity contribution is 6.30. The van der Waals surface area contributed by atoms with Crippen molar-refractivity contribution in [2.75, 3.05) is 38.2 Å². The number of rotatable bonds is 5. The number of hydrogen-bond acceptors (Lipinski definition) is 5. The average molecular weight is 347 g/mol. The summed E-state index contributed by atoms with van der Waals surface area (Å²) >= 11 is 6.01. The predicted octanol–water partition coefficient (Wildman–Crippen LogP) is 2.59. The van der Waals surface area contributed by atoms with Crippen LogP contribution in [-0.2, 0) is 17.8 Å². The van der Waals surface area contributed by atoms with Gasteiger partial charge in [-0.3, -0.25) is 0 Å². The number of benzene rings is 1. The van der Waals surface area contributed by atoms with Crippen molar-refractivity contribution in [3.8, 4) is 0 Å². The van der Waals surface area contributed by atoms with Gasteiger partial charge in [-0.25, -0.2) is 9.97 Å². The van der Waals surface area contributed by atoms with Crippen LogP contribution >= 0.6 is 11.6 Å². The fourth-order valence-corrected chi connectivity index (χ4v) is 3.15. The lowest BCUT2D eigenvalue weighted by atomic mass is 10.0. The van der Waals surface area contributed by atoms with Crippen LogP contribution in [0.3, 0.4) is 0 Å². The van der Waals surface area contributed by atoms with Crippen LogP contribution in [0.5, 0.6) is 0 Å². The lowest BCUT2D eigenvalue weighted by molar-refractivity contribution is 0.180. The topological polar surface area (TPSA) is 50.3 Å². The molecule has 1 saturated heterocycles. The van der Waals surface area contributed by atoms with Crippen molar-refractivity contribution in [1.29, 1.82) is 0 Å². The van der Waals surface area contributed by atoms with Gasteiger partial charge in [0.1, 0.15) is 11.6 Å². The molecular weight excluding hydrogens is 324 g/mol. The molecule has 24 heavy (non-hydrogen) atoms. The first kappa shape index (κ1) is 17.1. The number of aryl methyl sites for hydroxylation is 1. The summed E-state index contributed by atoms with van der Waals surface area (Å²) in [6, 6.07) is 7.96. The number of ether oxygens (including phenoxy) is 1. The third kappa shape index (κ3) is 4.04. The molecule has 1 N–H and O–H groups in total. The minimum atomic E-state index is 0.491. The van der Waals surface area contributed by atoms with E-state index in [1.807, 2.05) is 19.1 Å². The molecule has 1 fully saturated rings. The molecular formula is C18H23ClN4O. The largest absolute Gasteiger partial charge is 0.378 e. The molecule has 1 aliphatic rings. The minimum absolute atomic E-state index is 0.491. The van der Waals surface area contributed by atoms with Crippen LogP contribution in [0.4, 0.5) is 5.82 Å². The predicted molar refractivity (Wildman–Crippen MR) is 96.8 cm³/mol. The van der Waals surface area contributed by atoms with E-state index in [-0.39, 0.29) is 0 Å². The molecule has 0 spiro atoms. The maximum absolute atomic E-state index is 6.01. The Morgan fingerprint density at radius 1 is 1.17 bits per heavy atom. The number of anilines is 1. The molecule has 0 aliphatic carbocycles. The van der Waals surface area contributed by atoms with Crippen LogP contribution in [-0.4, -0.2) is 43.3 Å². The Kier molecular flexibility index (Phi) is 5.66. The van der Waals surface area contributed by atoms with Crippen LogP contribution in [0.1, 0.15) is 22.6 Å². The average Bonchev–Trinajstić information content (AvgIpc) is 2.60. The van der Waals surface area contributed by atoms with Crippen LogP contribution < -0.4 is 10.2 Å². The van der Waals surface area contributed by atoms with E-state index < -0.39 is 0 Å². The van der Waals surface area contributed by atoms with E-state index in [9.17, 15) is 0 Å². The fourth-order valence-electron chi connectivity index (χ4n) is 3.02. The molecule has 2 aromatic rings. The van der Waals surface area contributed by atoms with Gasteiger partial charge < -0.3 is 15.0 Å². The summed E-state index contributed by atoms with van der Waals surface area (Å²) in [6.07, 6.45) is 0.773. The molecule has 0 saturated carbocycles. The molecule has 1 aromatic carbocycles. The van der Waals surface area contributed by atoms with Crippen molar-refractivity contribution in [2.45, 2.75) is 20.0 Å². The van der Waals surface area contributed by atoms with Gasteiger partial charge >= 0.3 is 0 Å². The summed E-state index contributed by atoms with van der Waals surface area (Å²) < 4.78 is 5.38. The second-order valence-corrected chi connectivity index (χ2v) is 6.43. The SMILES string of the molecule is COCc1nc(C)nc(N2CCNCC2)c1Cc1ccc(Cl)cc1. The number of halogens is 1. The number of nitrogens with zero attached hydrogens (tertiary/aromatic N) is 3. The maximum Gasteiger partial charge on any atom is 0.136 e. The molecule has 0 amide bonds. The third-order valence-corrected chi connectivity index (χ3v) is 4.43. The van der Waals surface area contributed by atoms with Gasteiger partial charge in [0.25, 0.3) is 0 Å². The van der Waals surface area contributed by atoms with E-state index in [1.165, 1.54) is 5.56 Å². The van der Waals surface area contributed by atoms with Crippen molar-refractivity contribution < 1.29 is 4.74 Å². The second kappa shape index (κ2) is 7.92. The Hall–Kier alpha value is -1.69. The first-order valence-electron chi connectivity index (χ1n) is 8.23. The molecule has 1 aliphatic heterocycles. The standard InChI is InChI=1S/C18H23ClN4O/c1-13-21-17(12-24-2)16(11-14-3-5-15(19)6-4-14)18(22-13)23-9-7-20-8-10-23/h3-6,20H,7-12H2,1-2H3. The Morgan fingerprint density at radius 3 is 2.54 bits per heavy atom. The van der Waals surface area contributed by atoms with Gasteiger partial charge in [0.2, 0.25) is 0 Å². The van der Waals surface area contributed by atoms with E-state index in [0.29, 0.717) is 6.61 Å². The molecule has 128 valence electrons. The van der Waals surface area contributed by atoms with Gasteiger partial charge in [0.15, 0.2) is 0 Å². The van der Waals surface area contributed by atoms with Gasteiger partial charge in [0.05, 0.1) is 12.3 Å². The van der Waals surface area contributed by atoms with Crippen molar-refractivity contribution in [1.82, 2.24) is 15.3 Å². The summed E-state index contributed by atoms with van der Waals surface area (Å²) in [7, 11) is 1.70. The molecule has 6 heteroatoms. The Morgan fingerprint density at radius 2 is 1.88 bits per heavy atom. The van der Waals surface area contributed by atoms with E-state index >= 15 is 0 Å². The van der Waals surface area contributed by atoms with Crippen molar-refractivity contribution in [3.05, 3.63) is 51.9 Å². The normalized spacial score (nSPS) is 14.9. The zero-order valence-corrected chi connectivity index (χ0v) is 14.9. The molecule has 1 aromatic heterocycles. The van der Waals surface area contributed by atoms with E-state index in [2.05, 4.69) is 27.3 Å². The summed E-state index contributed by atoms with van der Waals surface area (Å²) in [6.45, 7) is 6.29. The summed E-state index contributed by atoms with van der Waals surface area (Å²) in [4.78, 5) is 11.7. The lowest BCUT2D eigenvalue weighted by Gasteiger charge is -2.31. The van der Waals surface area contributed by atoms with E-state index in [4.69, 9.17) is 21.3 Å². The van der Waals surface area contributed by atoms with Gasteiger partial charge in [-0.05, 0) is 24.6 Å². The quantitative estimate of drug-likeness (QED) is 0.901. The maximum atomic E-state index is 6.01. The zero-order chi connectivity index (χ0) is 16.9. The number of piperazine rings is 1. The van der Waals surface area contributed by atoms with Crippen LogP contribution in [0, 0.1) is 6.92 Å². The number of hydrogen-bond donors (Lipinski definition) is 1. The van der Waals surface area contributed by atoms with Gasteiger partial charge in [-0.2, -0.15) is 0 Å². The third-order valence-electron chi connectivity index (χ3n) is 4.17. The highest BCUT2D eigenvalue weighted by Gasteiger charge is 2.20. The van der Waals surface area contributed by atoms with Crippen molar-refractivity contribution >= 4 is 17.4 Å². The monoisotopic (exact) mass is 346 g/mol. The van der Waals surface area contributed by atoms with Gasteiger partial charge in [-0.15, -0.1) is 0 Å². The Labute approximate surface area is 148 Å². The summed E-state index contributed by atoms with van der Waals surface area (Å²) in [5, 5.41) is 4.14. The summed E-state index contributed by atoms with van der Waals surface area (Å²) in [5.74, 6) is 1.82. The number of aromatic nitrogens is 2. The lowest BCUT2D eigenvalue weighted by Crippen LogP contribution is -2.44. The number of nitrogens with one attached hydrogen (secondary N) is 1. The molecule has 3 rings (SSSR count). The van der Waals surface area contributed by atoms with Crippen LogP contribution in [0.15, 0.2) is 24.3 Å². The summed E-state index contributed by atoms with van der Waals surface area (Å²) in [5.41, 5.74) is 3.31. The number of methoxy groups -OCH3 is 1. The van der Waals surface area contributed by atoms with E-state index in [0.717, 1.165) is 60.5 Å². The van der Waals surface area contributed by atoms with Crippen LogP contribution in [0.25, 0.3) is 0 Å². The highest BCUT2D eigenvalue weighted by atomic mass is 35.5. The molecule has 0 atom stereocenters. The van der Waals surface area contributed by atoms with Crippen molar-refractivity contribution in [3.63, 3.8) is 0 Å². The molecule has 5 nitrogen and oxygen atoms in total. The van der Waals surface area contributed by atoms with Crippen molar-refractivity contribution in [2.24, 2.45) is 0 Å². The fraction of sp³-hybridized carbons (Fsp3) is 0.444. The molecule has 0 unspecified atom stereocenters. The zero-order valence-electron chi connectivity index (χ0n) is 14.2. The molecule has 2 heterocycles. The smallest absolute Gasteiger partial charge is 0.136 e. The first-order valence-corrected chi connectivity index (χ1v) is 8.60. The Balaban J connectivity index is 2.00.